The molecule has 0 heterocycles. The van der Waals surface area contributed by atoms with E-state index in [1.165, 1.54) is 16.7 Å². The normalized spacial score (nSPS) is 12.4. The van der Waals surface area contributed by atoms with Crippen LogP contribution in [0, 0.1) is 13.8 Å². The Morgan fingerprint density at radius 2 is 1.53 bits per heavy atom. The second-order valence-electron chi connectivity index (χ2n) is 5.06. The third kappa shape index (κ3) is 3.82. The molecular weight excluding hydrogens is 256 g/mol. The summed E-state index contributed by atoms with van der Waals surface area (Å²) in [5.74, 6) is 0. The van der Waals surface area contributed by atoms with Crippen molar-refractivity contribution in [3.05, 3.63) is 69.7 Å². The summed E-state index contributed by atoms with van der Waals surface area (Å²) in [6.07, 6.45) is 0.993. The van der Waals surface area contributed by atoms with Crippen molar-refractivity contribution in [1.82, 2.24) is 0 Å². The molecule has 1 nitrogen and oxygen atoms in total. The molecule has 1 N–H and O–H groups in total. The van der Waals surface area contributed by atoms with E-state index in [-0.39, 0.29) is 6.10 Å². The smallest absolute Gasteiger partial charge is 0.0621 e. The fourth-order valence-electron chi connectivity index (χ4n) is 2.37. The van der Waals surface area contributed by atoms with Crippen molar-refractivity contribution < 1.29 is 5.11 Å². The van der Waals surface area contributed by atoms with Crippen molar-refractivity contribution in [2.45, 2.75) is 32.8 Å². The summed E-state index contributed by atoms with van der Waals surface area (Å²) in [4.78, 5) is 0. The Labute approximate surface area is 119 Å². The van der Waals surface area contributed by atoms with Crippen LogP contribution in [0.2, 0.25) is 5.02 Å². The van der Waals surface area contributed by atoms with Crippen LogP contribution in [0.15, 0.2) is 42.5 Å². The monoisotopic (exact) mass is 274 g/mol. The quantitative estimate of drug-likeness (QED) is 0.890. The van der Waals surface area contributed by atoms with Crippen molar-refractivity contribution in [2.75, 3.05) is 0 Å². The molecule has 2 aromatic rings. The van der Waals surface area contributed by atoms with Crippen LogP contribution in [0.4, 0.5) is 0 Å². The van der Waals surface area contributed by atoms with Gasteiger partial charge in [0, 0.05) is 5.02 Å². The van der Waals surface area contributed by atoms with E-state index < -0.39 is 0 Å². The first kappa shape index (κ1) is 14.1. The van der Waals surface area contributed by atoms with Gasteiger partial charge in [0.25, 0.3) is 0 Å². The van der Waals surface area contributed by atoms with Crippen molar-refractivity contribution in [2.24, 2.45) is 0 Å². The standard InChI is InChI=1S/C17H19ClO/c1-12-4-3-5-13(2)17(12)11-16(19)10-14-6-8-15(18)9-7-14/h3-9,16,19H,10-11H2,1-2H3. The molecule has 1 atom stereocenters. The van der Waals surface area contributed by atoms with Gasteiger partial charge in [0.15, 0.2) is 0 Å². The highest BCUT2D eigenvalue weighted by atomic mass is 35.5. The van der Waals surface area contributed by atoms with Crippen LogP contribution in [0.25, 0.3) is 0 Å². The van der Waals surface area contributed by atoms with E-state index >= 15 is 0 Å². The minimum absolute atomic E-state index is 0.360. The molecule has 0 fully saturated rings. The third-order valence-corrected chi connectivity index (χ3v) is 3.72. The number of aliphatic hydroxyl groups excluding tert-OH is 1. The molecular formula is C17H19ClO. The average molecular weight is 275 g/mol. The first-order chi connectivity index (χ1) is 9.06. The molecule has 1 unspecified atom stereocenters. The molecule has 0 aliphatic rings. The van der Waals surface area contributed by atoms with Crippen LogP contribution < -0.4 is 0 Å². The van der Waals surface area contributed by atoms with Gasteiger partial charge in [-0.05, 0) is 61.1 Å². The molecule has 2 heteroatoms. The summed E-state index contributed by atoms with van der Waals surface area (Å²) >= 11 is 5.86. The number of benzene rings is 2. The highest BCUT2D eigenvalue weighted by molar-refractivity contribution is 6.30. The topological polar surface area (TPSA) is 20.2 Å². The molecule has 0 saturated carbocycles. The molecule has 19 heavy (non-hydrogen) atoms. The first-order valence-corrected chi connectivity index (χ1v) is 6.91. The third-order valence-electron chi connectivity index (χ3n) is 3.47. The Morgan fingerprint density at radius 1 is 0.947 bits per heavy atom. The van der Waals surface area contributed by atoms with Crippen molar-refractivity contribution >= 4 is 11.6 Å². The van der Waals surface area contributed by atoms with Gasteiger partial charge in [0.05, 0.1) is 6.10 Å². The fraction of sp³-hybridized carbons (Fsp3) is 0.294. The predicted molar refractivity (Wildman–Crippen MR) is 80.8 cm³/mol. The first-order valence-electron chi connectivity index (χ1n) is 6.54. The molecule has 0 amide bonds. The number of aryl methyl sites for hydroxylation is 2. The number of halogens is 1. The predicted octanol–water partition coefficient (Wildman–Crippen LogP) is 4.10. The summed E-state index contributed by atoms with van der Waals surface area (Å²) in [7, 11) is 0. The van der Waals surface area contributed by atoms with Crippen LogP contribution in [0.3, 0.4) is 0 Å². The Balaban J connectivity index is 2.05. The van der Waals surface area contributed by atoms with Crippen molar-refractivity contribution in [1.29, 1.82) is 0 Å². The van der Waals surface area contributed by atoms with Gasteiger partial charge >= 0.3 is 0 Å². The Morgan fingerprint density at radius 3 is 2.11 bits per heavy atom. The highest BCUT2D eigenvalue weighted by Gasteiger charge is 2.10. The maximum absolute atomic E-state index is 10.2. The van der Waals surface area contributed by atoms with Gasteiger partial charge in [-0.1, -0.05) is 41.9 Å². The molecule has 0 aliphatic heterocycles. The summed E-state index contributed by atoms with van der Waals surface area (Å²) in [6, 6.07) is 13.9. The average Bonchev–Trinajstić information content (AvgIpc) is 2.37. The minimum atomic E-state index is -0.360. The van der Waals surface area contributed by atoms with E-state index in [0.29, 0.717) is 12.8 Å². The van der Waals surface area contributed by atoms with Gasteiger partial charge in [-0.2, -0.15) is 0 Å². The van der Waals surface area contributed by atoms with Gasteiger partial charge in [0.2, 0.25) is 0 Å². The SMILES string of the molecule is Cc1cccc(C)c1CC(O)Cc1ccc(Cl)cc1. The molecule has 2 rings (SSSR count). The van der Waals surface area contributed by atoms with Crippen molar-refractivity contribution in [3.63, 3.8) is 0 Å². The lowest BCUT2D eigenvalue weighted by Gasteiger charge is -2.15. The molecule has 0 bridgehead atoms. The lowest BCUT2D eigenvalue weighted by molar-refractivity contribution is 0.175. The molecule has 0 saturated heterocycles. The Hall–Kier alpha value is -1.31. The van der Waals surface area contributed by atoms with Gasteiger partial charge in [-0.25, -0.2) is 0 Å². The van der Waals surface area contributed by atoms with E-state index in [0.717, 1.165) is 10.6 Å². The molecule has 100 valence electrons. The van der Waals surface area contributed by atoms with Gasteiger partial charge in [0.1, 0.15) is 0 Å². The maximum Gasteiger partial charge on any atom is 0.0621 e. The molecule has 0 spiro atoms. The number of hydrogen-bond donors (Lipinski definition) is 1. The second-order valence-corrected chi connectivity index (χ2v) is 5.50. The van der Waals surface area contributed by atoms with E-state index in [4.69, 9.17) is 11.6 Å². The number of rotatable bonds is 4. The fourth-order valence-corrected chi connectivity index (χ4v) is 2.50. The summed E-state index contributed by atoms with van der Waals surface area (Å²) in [5.41, 5.74) is 4.86. The zero-order valence-electron chi connectivity index (χ0n) is 11.4. The number of aliphatic hydroxyl groups is 1. The van der Waals surface area contributed by atoms with Crippen LogP contribution in [-0.4, -0.2) is 11.2 Å². The van der Waals surface area contributed by atoms with Gasteiger partial charge in [-0.15, -0.1) is 0 Å². The highest BCUT2D eigenvalue weighted by Crippen LogP contribution is 2.18. The Kier molecular flexibility index (Phi) is 4.62. The van der Waals surface area contributed by atoms with Crippen LogP contribution in [0.1, 0.15) is 22.3 Å². The van der Waals surface area contributed by atoms with Crippen LogP contribution in [0.5, 0.6) is 0 Å². The second kappa shape index (κ2) is 6.23. The zero-order valence-corrected chi connectivity index (χ0v) is 12.1. The molecule has 2 aromatic carbocycles. The Bertz CT molecular complexity index is 525. The summed E-state index contributed by atoms with van der Waals surface area (Å²) < 4.78 is 0. The molecule has 0 radical (unpaired) electrons. The van der Waals surface area contributed by atoms with Gasteiger partial charge < -0.3 is 5.11 Å². The summed E-state index contributed by atoms with van der Waals surface area (Å²) in [6.45, 7) is 4.19. The summed E-state index contributed by atoms with van der Waals surface area (Å²) in [5, 5.41) is 11.0. The van der Waals surface area contributed by atoms with Gasteiger partial charge in [-0.3, -0.25) is 0 Å². The molecule has 0 aliphatic carbocycles. The maximum atomic E-state index is 10.2. The van der Waals surface area contributed by atoms with E-state index in [2.05, 4.69) is 32.0 Å². The lowest BCUT2D eigenvalue weighted by atomic mass is 9.95. The van der Waals surface area contributed by atoms with E-state index in [1.54, 1.807) is 0 Å². The van der Waals surface area contributed by atoms with E-state index in [9.17, 15) is 5.11 Å². The molecule has 0 aromatic heterocycles. The largest absolute Gasteiger partial charge is 0.392 e. The van der Waals surface area contributed by atoms with Crippen LogP contribution >= 0.6 is 11.6 Å². The lowest BCUT2D eigenvalue weighted by Crippen LogP contribution is -2.15. The number of hydrogen-bond acceptors (Lipinski definition) is 1. The van der Waals surface area contributed by atoms with Crippen molar-refractivity contribution in [3.8, 4) is 0 Å². The minimum Gasteiger partial charge on any atom is -0.392 e. The van der Waals surface area contributed by atoms with E-state index in [1.807, 2.05) is 24.3 Å². The zero-order chi connectivity index (χ0) is 13.8. The van der Waals surface area contributed by atoms with Crippen LogP contribution in [-0.2, 0) is 12.8 Å².